The monoisotopic (exact) mass is 404 g/mol. The normalized spacial score (nSPS) is 14.6. The molecule has 1 saturated carbocycles. The van der Waals surface area contributed by atoms with E-state index in [4.69, 9.17) is 0 Å². The van der Waals surface area contributed by atoms with E-state index in [0.29, 0.717) is 13.1 Å². The minimum Gasteiger partial charge on any atom is -0.345 e. The zero-order chi connectivity index (χ0) is 20.9. The smallest absolute Gasteiger partial charge is 0.254 e. The molecule has 0 aliphatic heterocycles. The molecule has 1 amide bonds. The highest BCUT2D eigenvalue weighted by molar-refractivity contribution is 5.95. The maximum Gasteiger partial charge on any atom is 0.254 e. The standard InChI is InChI=1S/C26H29FN2O/c1-20-9-5-6-15-25(20)26(30)29(23-12-3-2-4-13-23)19-24-14-8-16-28(24)18-21-10-7-11-22(27)17-21/h5-11,14-17,23H,2-4,12-13,18-19H2,1H3. The molecule has 3 nitrogen and oxygen atoms in total. The van der Waals surface area contributed by atoms with E-state index in [2.05, 4.69) is 15.5 Å². The lowest BCUT2D eigenvalue weighted by molar-refractivity contribution is 0.0608. The second kappa shape index (κ2) is 9.29. The number of carbonyl (C=O) groups is 1. The minimum absolute atomic E-state index is 0.110. The Kier molecular flexibility index (Phi) is 6.32. The van der Waals surface area contributed by atoms with Gasteiger partial charge in [0.2, 0.25) is 0 Å². The maximum atomic E-state index is 13.6. The van der Waals surface area contributed by atoms with Crippen LogP contribution in [0, 0.1) is 12.7 Å². The number of hydrogen-bond acceptors (Lipinski definition) is 1. The molecule has 4 heteroatoms. The van der Waals surface area contributed by atoms with Crippen molar-refractivity contribution in [2.75, 3.05) is 0 Å². The van der Waals surface area contributed by atoms with Crippen molar-refractivity contribution in [3.8, 4) is 0 Å². The summed E-state index contributed by atoms with van der Waals surface area (Å²) in [5, 5.41) is 0. The highest BCUT2D eigenvalue weighted by Gasteiger charge is 2.27. The van der Waals surface area contributed by atoms with Gasteiger partial charge in [-0.05, 0) is 61.2 Å². The van der Waals surface area contributed by atoms with Crippen molar-refractivity contribution in [1.29, 1.82) is 0 Å². The number of aryl methyl sites for hydroxylation is 1. The Morgan fingerprint density at radius 3 is 2.60 bits per heavy atom. The van der Waals surface area contributed by atoms with Gasteiger partial charge in [0.05, 0.1) is 6.54 Å². The van der Waals surface area contributed by atoms with Crippen molar-refractivity contribution in [3.63, 3.8) is 0 Å². The zero-order valence-corrected chi connectivity index (χ0v) is 17.6. The van der Waals surface area contributed by atoms with Crippen molar-refractivity contribution in [2.45, 2.75) is 58.2 Å². The van der Waals surface area contributed by atoms with Gasteiger partial charge in [-0.25, -0.2) is 4.39 Å². The van der Waals surface area contributed by atoms with E-state index in [1.54, 1.807) is 12.1 Å². The van der Waals surface area contributed by atoms with Crippen LogP contribution in [-0.2, 0) is 13.1 Å². The van der Waals surface area contributed by atoms with Crippen LogP contribution in [0.25, 0.3) is 0 Å². The number of amides is 1. The molecule has 0 saturated heterocycles. The molecule has 1 heterocycles. The SMILES string of the molecule is Cc1ccccc1C(=O)N(Cc1cccn1Cc1cccc(F)c1)C1CCCCC1. The summed E-state index contributed by atoms with van der Waals surface area (Å²) in [6.45, 7) is 3.16. The van der Waals surface area contributed by atoms with Crippen molar-refractivity contribution in [3.05, 3.63) is 95.1 Å². The van der Waals surface area contributed by atoms with E-state index >= 15 is 0 Å². The average molecular weight is 405 g/mol. The molecule has 1 aliphatic rings. The predicted octanol–water partition coefficient (Wildman–Crippen LogP) is 5.96. The van der Waals surface area contributed by atoms with Crippen molar-refractivity contribution in [2.24, 2.45) is 0 Å². The van der Waals surface area contributed by atoms with Gasteiger partial charge in [0.25, 0.3) is 5.91 Å². The molecule has 1 aliphatic carbocycles. The van der Waals surface area contributed by atoms with Crippen LogP contribution in [0.1, 0.15) is 59.3 Å². The first-order valence-corrected chi connectivity index (χ1v) is 10.9. The Morgan fingerprint density at radius 1 is 1.03 bits per heavy atom. The van der Waals surface area contributed by atoms with Crippen LogP contribution in [0.5, 0.6) is 0 Å². The van der Waals surface area contributed by atoms with Gasteiger partial charge < -0.3 is 9.47 Å². The van der Waals surface area contributed by atoms with E-state index in [-0.39, 0.29) is 17.8 Å². The second-order valence-corrected chi connectivity index (χ2v) is 8.30. The highest BCUT2D eigenvalue weighted by Crippen LogP contribution is 2.27. The van der Waals surface area contributed by atoms with Crippen molar-refractivity contribution >= 4 is 5.91 Å². The van der Waals surface area contributed by atoms with Crippen molar-refractivity contribution in [1.82, 2.24) is 9.47 Å². The Labute approximate surface area is 178 Å². The topological polar surface area (TPSA) is 25.2 Å². The molecular formula is C26H29FN2O. The summed E-state index contributed by atoms with van der Waals surface area (Å²) in [6.07, 6.45) is 7.72. The number of benzene rings is 2. The summed E-state index contributed by atoms with van der Waals surface area (Å²) in [5.41, 5.74) is 3.79. The van der Waals surface area contributed by atoms with Crippen LogP contribution in [0.15, 0.2) is 66.9 Å². The predicted molar refractivity (Wildman–Crippen MR) is 118 cm³/mol. The molecular weight excluding hydrogens is 375 g/mol. The lowest BCUT2D eigenvalue weighted by Gasteiger charge is -2.35. The molecule has 0 spiro atoms. The van der Waals surface area contributed by atoms with Gasteiger partial charge in [0, 0.05) is 30.0 Å². The van der Waals surface area contributed by atoms with E-state index in [0.717, 1.165) is 35.2 Å². The Morgan fingerprint density at radius 2 is 1.83 bits per heavy atom. The number of carbonyl (C=O) groups excluding carboxylic acids is 1. The Balaban J connectivity index is 1.60. The molecule has 0 N–H and O–H groups in total. The van der Waals surface area contributed by atoms with Crippen LogP contribution in [0.3, 0.4) is 0 Å². The third-order valence-electron chi connectivity index (χ3n) is 6.15. The molecule has 2 aromatic carbocycles. The first-order valence-electron chi connectivity index (χ1n) is 10.9. The van der Waals surface area contributed by atoms with Gasteiger partial charge in [0.15, 0.2) is 0 Å². The Hall–Kier alpha value is -2.88. The number of halogens is 1. The Bertz CT molecular complexity index is 1000. The summed E-state index contributed by atoms with van der Waals surface area (Å²) in [5.74, 6) is -0.113. The number of aromatic nitrogens is 1. The van der Waals surface area contributed by atoms with E-state index in [9.17, 15) is 9.18 Å². The fraction of sp³-hybridized carbons (Fsp3) is 0.346. The summed E-state index contributed by atoms with van der Waals surface area (Å²) in [7, 11) is 0. The van der Waals surface area contributed by atoms with E-state index in [1.807, 2.05) is 49.5 Å². The van der Waals surface area contributed by atoms with Crippen LogP contribution in [0.4, 0.5) is 4.39 Å². The third-order valence-corrected chi connectivity index (χ3v) is 6.15. The summed E-state index contributed by atoms with van der Waals surface area (Å²) in [4.78, 5) is 15.6. The second-order valence-electron chi connectivity index (χ2n) is 8.30. The molecule has 3 aromatic rings. The lowest BCUT2D eigenvalue weighted by Crippen LogP contribution is -2.41. The zero-order valence-electron chi connectivity index (χ0n) is 17.6. The number of hydrogen-bond donors (Lipinski definition) is 0. The van der Waals surface area contributed by atoms with Gasteiger partial charge in [-0.15, -0.1) is 0 Å². The number of nitrogens with zero attached hydrogens (tertiary/aromatic N) is 2. The van der Waals surface area contributed by atoms with Gasteiger partial charge in [-0.3, -0.25) is 4.79 Å². The molecule has 0 radical (unpaired) electrons. The molecule has 0 atom stereocenters. The quantitative estimate of drug-likeness (QED) is 0.498. The molecule has 30 heavy (non-hydrogen) atoms. The maximum absolute atomic E-state index is 13.6. The van der Waals surface area contributed by atoms with Gasteiger partial charge in [0.1, 0.15) is 5.82 Å². The largest absolute Gasteiger partial charge is 0.345 e. The molecule has 1 fully saturated rings. The molecule has 0 bridgehead atoms. The van der Waals surface area contributed by atoms with Gasteiger partial charge >= 0.3 is 0 Å². The van der Waals surface area contributed by atoms with E-state index in [1.165, 1.54) is 25.3 Å². The highest BCUT2D eigenvalue weighted by atomic mass is 19.1. The fourth-order valence-corrected chi connectivity index (χ4v) is 4.48. The molecule has 1 aromatic heterocycles. The molecule has 156 valence electrons. The summed E-state index contributed by atoms with van der Waals surface area (Å²) in [6, 6.07) is 18.9. The average Bonchev–Trinajstić information content (AvgIpc) is 3.19. The van der Waals surface area contributed by atoms with Crippen molar-refractivity contribution < 1.29 is 9.18 Å². The first kappa shape index (κ1) is 20.4. The van der Waals surface area contributed by atoms with Crippen LogP contribution < -0.4 is 0 Å². The van der Waals surface area contributed by atoms with Crippen LogP contribution >= 0.6 is 0 Å². The third kappa shape index (κ3) is 4.64. The van der Waals surface area contributed by atoms with Crippen LogP contribution in [-0.4, -0.2) is 21.4 Å². The fourth-order valence-electron chi connectivity index (χ4n) is 4.48. The molecule has 4 rings (SSSR count). The van der Waals surface area contributed by atoms with E-state index < -0.39 is 0 Å². The minimum atomic E-state index is -0.222. The molecule has 0 unspecified atom stereocenters. The summed E-state index contributed by atoms with van der Waals surface area (Å²) >= 11 is 0. The summed E-state index contributed by atoms with van der Waals surface area (Å²) < 4.78 is 15.7. The van der Waals surface area contributed by atoms with Gasteiger partial charge in [-0.1, -0.05) is 49.6 Å². The van der Waals surface area contributed by atoms with Gasteiger partial charge in [-0.2, -0.15) is 0 Å². The van der Waals surface area contributed by atoms with Crippen LogP contribution in [0.2, 0.25) is 0 Å². The first-order chi connectivity index (χ1) is 14.6. The lowest BCUT2D eigenvalue weighted by atomic mass is 9.93. The number of rotatable bonds is 6.